The van der Waals surface area contributed by atoms with Crippen molar-refractivity contribution >= 4 is 11.6 Å². The summed E-state index contributed by atoms with van der Waals surface area (Å²) in [6, 6.07) is 0. The number of rotatable bonds is 4. The van der Waals surface area contributed by atoms with Crippen LogP contribution in [-0.2, 0) is 19.1 Å². The van der Waals surface area contributed by atoms with Crippen molar-refractivity contribution in [2.75, 3.05) is 7.11 Å². The molecule has 0 spiro atoms. The van der Waals surface area contributed by atoms with Gasteiger partial charge in [-0.1, -0.05) is 19.4 Å². The number of methoxy groups -OCH3 is 1. The van der Waals surface area contributed by atoms with Crippen molar-refractivity contribution in [2.45, 2.75) is 65.8 Å². The highest BCUT2D eigenvalue weighted by Gasteiger charge is 2.59. The van der Waals surface area contributed by atoms with Crippen molar-refractivity contribution < 1.29 is 24.2 Å². The second kappa shape index (κ2) is 6.81. The molecule has 0 aromatic rings. The Kier molecular flexibility index (Phi) is 4.82. The van der Waals surface area contributed by atoms with Gasteiger partial charge < -0.3 is 14.6 Å². The van der Waals surface area contributed by atoms with Gasteiger partial charge in [-0.05, 0) is 80.8 Å². The highest BCUT2D eigenvalue weighted by molar-refractivity contribution is 6.04. The first-order valence-corrected chi connectivity index (χ1v) is 10.6. The summed E-state index contributed by atoms with van der Waals surface area (Å²) in [5, 5.41) is 9.69. The molecule has 5 heteroatoms. The lowest BCUT2D eigenvalue weighted by molar-refractivity contribution is -0.230. The SMILES string of the molecule is COC(O)OC1=C[C@@]2(C)C(=CC1=O)CC[C@H]1[C@@H]3CC[C@H](C(C)=O)[C@@]3(C)CC[C@@H]12. The van der Waals surface area contributed by atoms with Gasteiger partial charge in [0.2, 0.25) is 5.78 Å². The third-order valence-electron chi connectivity index (χ3n) is 8.55. The van der Waals surface area contributed by atoms with Crippen LogP contribution in [0.15, 0.2) is 23.5 Å². The number of allylic oxidation sites excluding steroid dienone is 3. The summed E-state index contributed by atoms with van der Waals surface area (Å²) >= 11 is 0. The number of hydrogen-bond donors (Lipinski definition) is 1. The molecular formula is C23H32O5. The molecule has 0 aromatic heterocycles. The van der Waals surface area contributed by atoms with Gasteiger partial charge in [-0.3, -0.25) is 9.59 Å². The van der Waals surface area contributed by atoms with Crippen LogP contribution in [0, 0.1) is 34.5 Å². The van der Waals surface area contributed by atoms with Crippen LogP contribution in [-0.4, -0.2) is 30.3 Å². The molecule has 5 nitrogen and oxygen atoms in total. The molecule has 1 N–H and O–H groups in total. The third-order valence-corrected chi connectivity index (χ3v) is 8.55. The number of ether oxygens (including phenoxy) is 2. The van der Waals surface area contributed by atoms with Crippen molar-refractivity contribution in [3.8, 4) is 0 Å². The molecule has 154 valence electrons. The van der Waals surface area contributed by atoms with Crippen LogP contribution < -0.4 is 0 Å². The van der Waals surface area contributed by atoms with E-state index in [4.69, 9.17) is 9.47 Å². The van der Waals surface area contributed by atoms with E-state index in [-0.39, 0.29) is 28.3 Å². The normalized spacial score (nSPS) is 43.2. The minimum atomic E-state index is -1.44. The van der Waals surface area contributed by atoms with Crippen LogP contribution in [0.4, 0.5) is 0 Å². The number of fused-ring (bicyclic) bond motifs is 5. The van der Waals surface area contributed by atoms with Gasteiger partial charge in [0.25, 0.3) is 0 Å². The molecule has 3 fully saturated rings. The zero-order valence-electron chi connectivity index (χ0n) is 17.4. The molecule has 4 aliphatic rings. The maximum Gasteiger partial charge on any atom is 0.313 e. The van der Waals surface area contributed by atoms with Crippen molar-refractivity contribution in [2.24, 2.45) is 34.5 Å². The minimum absolute atomic E-state index is 0.115. The van der Waals surface area contributed by atoms with E-state index >= 15 is 0 Å². The van der Waals surface area contributed by atoms with Crippen LogP contribution in [0.3, 0.4) is 0 Å². The van der Waals surface area contributed by atoms with E-state index < -0.39 is 6.48 Å². The van der Waals surface area contributed by atoms with E-state index in [9.17, 15) is 14.7 Å². The standard InChI is InChI=1S/C23H32O5/c1-13(24)16-7-8-17-15-6-5-14-11-19(25)20(28-21(26)27-4)12-23(14,3)18(15)9-10-22(16,17)2/h11-12,15-18,21,26H,5-10H2,1-4H3/t15-,16+,17-,18-,21?,22+,23-/m0/s1. The van der Waals surface area contributed by atoms with Crippen molar-refractivity contribution in [3.05, 3.63) is 23.5 Å². The lowest BCUT2D eigenvalue weighted by atomic mass is 9.47. The molecule has 0 saturated heterocycles. The number of ketones is 2. The molecule has 0 amide bonds. The Labute approximate surface area is 167 Å². The molecule has 0 radical (unpaired) electrons. The Morgan fingerprint density at radius 2 is 1.96 bits per heavy atom. The summed E-state index contributed by atoms with van der Waals surface area (Å²) in [5.41, 5.74) is 1.06. The second-order valence-corrected chi connectivity index (χ2v) is 9.69. The fourth-order valence-corrected chi connectivity index (χ4v) is 7.18. The summed E-state index contributed by atoms with van der Waals surface area (Å²) in [5.74, 6) is 2.09. The Morgan fingerprint density at radius 1 is 1.21 bits per heavy atom. The largest absolute Gasteiger partial charge is 0.438 e. The average molecular weight is 389 g/mol. The van der Waals surface area contributed by atoms with Gasteiger partial charge in [-0.15, -0.1) is 0 Å². The molecule has 0 heterocycles. The zero-order chi connectivity index (χ0) is 20.3. The molecule has 7 atom stereocenters. The Bertz CT molecular complexity index is 752. The molecule has 4 aliphatic carbocycles. The van der Waals surface area contributed by atoms with E-state index in [1.54, 1.807) is 13.0 Å². The van der Waals surface area contributed by atoms with Crippen LogP contribution >= 0.6 is 0 Å². The fourth-order valence-electron chi connectivity index (χ4n) is 7.18. The second-order valence-electron chi connectivity index (χ2n) is 9.69. The molecular weight excluding hydrogens is 356 g/mol. The molecule has 3 saturated carbocycles. The Morgan fingerprint density at radius 3 is 2.64 bits per heavy atom. The van der Waals surface area contributed by atoms with Gasteiger partial charge in [0.15, 0.2) is 5.76 Å². The van der Waals surface area contributed by atoms with Crippen molar-refractivity contribution in [3.63, 3.8) is 0 Å². The molecule has 0 aliphatic heterocycles. The van der Waals surface area contributed by atoms with Crippen LogP contribution in [0.25, 0.3) is 0 Å². The highest BCUT2D eigenvalue weighted by Crippen LogP contribution is 2.66. The molecule has 4 rings (SSSR count). The number of Topliss-reactive ketones (excluding diaryl/α,β-unsaturated/α-hetero) is 1. The molecule has 1 unspecified atom stereocenters. The predicted octanol–water partition coefficient (Wildman–Crippen LogP) is 3.77. The van der Waals surface area contributed by atoms with Crippen LogP contribution in [0.2, 0.25) is 0 Å². The van der Waals surface area contributed by atoms with E-state index in [2.05, 4.69) is 13.8 Å². The van der Waals surface area contributed by atoms with Crippen LogP contribution in [0.1, 0.15) is 59.3 Å². The van der Waals surface area contributed by atoms with Crippen LogP contribution in [0.5, 0.6) is 0 Å². The van der Waals surface area contributed by atoms with E-state index in [1.807, 2.05) is 6.08 Å². The Balaban J connectivity index is 1.66. The van der Waals surface area contributed by atoms with Crippen molar-refractivity contribution in [1.82, 2.24) is 0 Å². The fraction of sp³-hybridized carbons (Fsp3) is 0.739. The van der Waals surface area contributed by atoms with E-state index in [0.29, 0.717) is 23.5 Å². The smallest absolute Gasteiger partial charge is 0.313 e. The van der Waals surface area contributed by atoms with E-state index in [0.717, 1.165) is 38.5 Å². The summed E-state index contributed by atoms with van der Waals surface area (Å²) < 4.78 is 10.1. The van der Waals surface area contributed by atoms with Gasteiger partial charge in [-0.2, -0.15) is 0 Å². The predicted molar refractivity (Wildman–Crippen MR) is 104 cm³/mol. The summed E-state index contributed by atoms with van der Waals surface area (Å²) in [6.07, 6.45) is 9.92. The first kappa shape index (κ1) is 19.8. The van der Waals surface area contributed by atoms with Gasteiger partial charge in [-0.25, -0.2) is 0 Å². The summed E-state index contributed by atoms with van der Waals surface area (Å²) in [7, 11) is 1.34. The van der Waals surface area contributed by atoms with Gasteiger partial charge >= 0.3 is 6.48 Å². The molecule has 0 aromatic carbocycles. The number of carbonyl (C=O) groups excluding carboxylic acids is 2. The zero-order valence-corrected chi connectivity index (χ0v) is 17.4. The quantitative estimate of drug-likeness (QED) is 0.742. The first-order valence-electron chi connectivity index (χ1n) is 10.6. The van der Waals surface area contributed by atoms with Gasteiger partial charge in [0.05, 0.1) is 0 Å². The van der Waals surface area contributed by atoms with Crippen molar-refractivity contribution in [1.29, 1.82) is 0 Å². The molecule has 0 bridgehead atoms. The Hall–Kier alpha value is -1.46. The monoisotopic (exact) mass is 388 g/mol. The van der Waals surface area contributed by atoms with E-state index in [1.165, 1.54) is 12.7 Å². The third kappa shape index (κ3) is 2.81. The number of aliphatic hydroxyl groups excluding tert-OH is 1. The maximum atomic E-state index is 12.5. The summed E-state index contributed by atoms with van der Waals surface area (Å²) in [4.78, 5) is 24.7. The topological polar surface area (TPSA) is 72.8 Å². The number of hydrogen-bond acceptors (Lipinski definition) is 5. The highest BCUT2D eigenvalue weighted by atomic mass is 16.8. The maximum absolute atomic E-state index is 12.5. The van der Waals surface area contributed by atoms with Gasteiger partial charge in [0, 0.05) is 18.4 Å². The summed E-state index contributed by atoms with van der Waals surface area (Å²) in [6.45, 7) is 4.87. The molecule has 28 heavy (non-hydrogen) atoms. The number of carbonyl (C=O) groups is 2. The lowest BCUT2D eigenvalue weighted by Crippen LogP contribution is -2.50. The number of aliphatic hydroxyl groups is 1. The minimum Gasteiger partial charge on any atom is -0.438 e. The van der Waals surface area contributed by atoms with Gasteiger partial charge in [0.1, 0.15) is 5.78 Å². The lowest BCUT2D eigenvalue weighted by Gasteiger charge is -2.57. The average Bonchev–Trinajstić information content (AvgIpc) is 3.00. The first-order chi connectivity index (χ1) is 13.2.